The van der Waals surface area contributed by atoms with Gasteiger partial charge in [0, 0.05) is 19.2 Å². The average molecular weight is 408 g/mol. The second kappa shape index (κ2) is 7.94. The Morgan fingerprint density at radius 1 is 1.20 bits per heavy atom. The molecule has 4 rings (SSSR count). The van der Waals surface area contributed by atoms with Crippen LogP contribution in [0.25, 0.3) is 11.3 Å². The van der Waals surface area contributed by atoms with Crippen molar-refractivity contribution < 1.29 is 14.6 Å². The van der Waals surface area contributed by atoms with Gasteiger partial charge >= 0.3 is 0 Å². The number of ether oxygens (including phenoxy) is 2. The molecule has 30 heavy (non-hydrogen) atoms. The number of nitrogens with one attached hydrogen (secondary N) is 3. The Morgan fingerprint density at radius 2 is 2.00 bits per heavy atom. The van der Waals surface area contributed by atoms with Crippen molar-refractivity contribution in [2.45, 2.75) is 18.6 Å². The van der Waals surface area contributed by atoms with E-state index in [4.69, 9.17) is 14.7 Å². The number of pyridine rings is 1. The lowest BCUT2D eigenvalue weighted by Crippen LogP contribution is -2.66. The Bertz CT molecular complexity index is 1070. The van der Waals surface area contributed by atoms with E-state index in [1.54, 1.807) is 25.6 Å². The van der Waals surface area contributed by atoms with Crippen LogP contribution >= 0.6 is 0 Å². The first-order valence-electron chi connectivity index (χ1n) is 9.19. The number of aromatic amines is 1. The van der Waals surface area contributed by atoms with Gasteiger partial charge < -0.3 is 25.2 Å². The molecular weight excluding hydrogens is 388 g/mol. The molecule has 3 aromatic heterocycles. The highest BCUT2D eigenvalue weighted by Crippen LogP contribution is 2.38. The van der Waals surface area contributed by atoms with Crippen molar-refractivity contribution in [3.05, 3.63) is 36.5 Å². The number of hydrogen-bond acceptors (Lipinski definition) is 10. The van der Waals surface area contributed by atoms with Gasteiger partial charge in [0.2, 0.25) is 0 Å². The fraction of sp³-hybridized carbons (Fsp3) is 0.316. The summed E-state index contributed by atoms with van der Waals surface area (Å²) in [4.78, 5) is 12.3. The van der Waals surface area contributed by atoms with Crippen molar-refractivity contribution in [1.29, 1.82) is 5.26 Å². The summed E-state index contributed by atoms with van der Waals surface area (Å²) in [5.41, 5.74) is 0.542. The fourth-order valence-corrected chi connectivity index (χ4v) is 3.00. The number of hydrogen-bond donors (Lipinski definition) is 4. The summed E-state index contributed by atoms with van der Waals surface area (Å²) in [5.74, 6) is 1.88. The smallest absolute Gasteiger partial charge is 0.158 e. The maximum absolute atomic E-state index is 10.5. The van der Waals surface area contributed by atoms with Crippen molar-refractivity contribution in [3.63, 3.8) is 0 Å². The van der Waals surface area contributed by atoms with Gasteiger partial charge in [-0.05, 0) is 6.92 Å². The SMILES string of the molecule is COc1cncc(O[C@H](C)C2(O)CNC2)c1-c1cc(Nc2cnc(C#N)cn2)n[nH]1. The third-order valence-electron chi connectivity index (χ3n) is 4.89. The molecule has 11 nitrogen and oxygen atoms in total. The average Bonchev–Trinajstić information content (AvgIpc) is 3.20. The van der Waals surface area contributed by atoms with E-state index in [0.717, 1.165) is 0 Å². The molecule has 154 valence electrons. The molecule has 1 aliphatic heterocycles. The van der Waals surface area contributed by atoms with Crippen molar-refractivity contribution >= 4 is 11.6 Å². The summed E-state index contributed by atoms with van der Waals surface area (Å²) in [6, 6.07) is 3.68. The minimum Gasteiger partial charge on any atom is -0.494 e. The number of H-pyrrole nitrogens is 1. The number of anilines is 2. The Morgan fingerprint density at radius 3 is 2.63 bits per heavy atom. The Kier molecular flexibility index (Phi) is 5.18. The van der Waals surface area contributed by atoms with Crippen LogP contribution in [0.1, 0.15) is 12.6 Å². The van der Waals surface area contributed by atoms with Crippen LogP contribution in [0.5, 0.6) is 11.5 Å². The summed E-state index contributed by atoms with van der Waals surface area (Å²) in [6.07, 6.45) is 5.51. The molecule has 3 aromatic rings. The number of methoxy groups -OCH3 is 1. The maximum Gasteiger partial charge on any atom is 0.158 e. The van der Waals surface area contributed by atoms with E-state index in [-0.39, 0.29) is 5.69 Å². The summed E-state index contributed by atoms with van der Waals surface area (Å²) < 4.78 is 11.5. The molecule has 0 aliphatic carbocycles. The van der Waals surface area contributed by atoms with Crippen LogP contribution in [0.15, 0.2) is 30.9 Å². The van der Waals surface area contributed by atoms with E-state index in [0.29, 0.717) is 47.5 Å². The lowest BCUT2D eigenvalue weighted by atomic mass is 9.91. The lowest BCUT2D eigenvalue weighted by molar-refractivity contribution is -0.0880. The van der Waals surface area contributed by atoms with E-state index in [9.17, 15) is 5.11 Å². The molecule has 0 aromatic carbocycles. The maximum atomic E-state index is 10.5. The van der Waals surface area contributed by atoms with E-state index in [1.165, 1.54) is 12.4 Å². The number of β-amino-alcohol motifs (C(OH)–C–C–N with tert-alkyl or cyclic N) is 1. The molecule has 0 amide bonds. The monoisotopic (exact) mass is 408 g/mol. The third-order valence-corrected chi connectivity index (χ3v) is 4.89. The number of nitriles is 1. The molecule has 1 fully saturated rings. The fourth-order valence-electron chi connectivity index (χ4n) is 3.00. The molecule has 0 bridgehead atoms. The Hall–Kier alpha value is -3.75. The quantitative estimate of drug-likeness (QED) is 0.445. The Labute approximate surface area is 172 Å². The zero-order chi connectivity index (χ0) is 21.1. The lowest BCUT2D eigenvalue weighted by Gasteiger charge is -2.42. The molecule has 4 N–H and O–H groups in total. The molecule has 0 saturated carbocycles. The first-order chi connectivity index (χ1) is 14.5. The van der Waals surface area contributed by atoms with Crippen LogP contribution in [0.4, 0.5) is 11.6 Å². The topological polar surface area (TPSA) is 154 Å². The van der Waals surface area contributed by atoms with Crippen LogP contribution in [0.2, 0.25) is 0 Å². The largest absolute Gasteiger partial charge is 0.494 e. The van der Waals surface area contributed by atoms with Crippen molar-refractivity contribution in [1.82, 2.24) is 30.5 Å². The number of rotatable bonds is 7. The van der Waals surface area contributed by atoms with Gasteiger partial charge in [-0.15, -0.1) is 0 Å². The normalized spacial score (nSPS) is 15.5. The van der Waals surface area contributed by atoms with Gasteiger partial charge in [-0.2, -0.15) is 10.4 Å². The van der Waals surface area contributed by atoms with E-state index in [1.807, 2.05) is 13.0 Å². The molecule has 1 atom stereocenters. The van der Waals surface area contributed by atoms with Gasteiger partial charge in [0.1, 0.15) is 29.3 Å². The van der Waals surface area contributed by atoms with E-state index >= 15 is 0 Å². The van der Waals surface area contributed by atoms with Crippen LogP contribution in [-0.2, 0) is 0 Å². The highest BCUT2D eigenvalue weighted by Gasteiger charge is 2.42. The summed E-state index contributed by atoms with van der Waals surface area (Å²) in [7, 11) is 1.54. The number of aromatic nitrogens is 5. The third kappa shape index (κ3) is 3.73. The standard InChI is InChI=1S/C19H20N8O3/c1-11(19(28)9-22-10-19)30-15-7-21-6-14(29-2)18(15)13-3-16(27-26-13)25-17-8-23-12(4-20)5-24-17/h3,5-8,11,22,28H,9-10H2,1-2H3,(H2,24,25,26,27)/t11-/m1/s1. The van der Waals surface area contributed by atoms with Crippen LogP contribution < -0.4 is 20.1 Å². The number of aliphatic hydroxyl groups is 1. The van der Waals surface area contributed by atoms with Gasteiger partial charge in [0.25, 0.3) is 0 Å². The zero-order valence-electron chi connectivity index (χ0n) is 16.4. The predicted octanol–water partition coefficient (Wildman–Crippen LogP) is 0.987. The summed E-state index contributed by atoms with van der Waals surface area (Å²) in [5, 5.41) is 32.6. The predicted molar refractivity (Wildman–Crippen MR) is 106 cm³/mol. The minimum absolute atomic E-state index is 0.226. The van der Waals surface area contributed by atoms with Crippen LogP contribution in [-0.4, -0.2) is 62.2 Å². The zero-order valence-corrected chi connectivity index (χ0v) is 16.4. The molecule has 1 saturated heterocycles. The molecule has 0 spiro atoms. The van der Waals surface area contributed by atoms with Gasteiger partial charge in [0.15, 0.2) is 17.3 Å². The van der Waals surface area contributed by atoms with Gasteiger partial charge in [-0.3, -0.25) is 10.1 Å². The molecule has 0 radical (unpaired) electrons. The van der Waals surface area contributed by atoms with Crippen LogP contribution in [0.3, 0.4) is 0 Å². The van der Waals surface area contributed by atoms with Crippen LogP contribution in [0, 0.1) is 11.3 Å². The Balaban J connectivity index is 1.60. The number of nitrogens with zero attached hydrogens (tertiary/aromatic N) is 5. The highest BCUT2D eigenvalue weighted by molar-refractivity contribution is 5.75. The second-order valence-corrected chi connectivity index (χ2v) is 6.87. The molecular formula is C19H20N8O3. The first kappa shape index (κ1) is 19.6. The summed E-state index contributed by atoms with van der Waals surface area (Å²) in [6.45, 7) is 2.74. The van der Waals surface area contributed by atoms with Gasteiger partial charge in [0.05, 0.1) is 43.2 Å². The molecule has 0 unspecified atom stereocenters. The minimum atomic E-state index is -0.935. The van der Waals surface area contributed by atoms with E-state index < -0.39 is 11.7 Å². The highest BCUT2D eigenvalue weighted by atomic mass is 16.5. The molecule has 11 heteroatoms. The van der Waals surface area contributed by atoms with Gasteiger partial charge in [-0.1, -0.05) is 0 Å². The second-order valence-electron chi connectivity index (χ2n) is 6.87. The van der Waals surface area contributed by atoms with Gasteiger partial charge in [-0.25, -0.2) is 9.97 Å². The first-order valence-corrected chi connectivity index (χ1v) is 9.19. The van der Waals surface area contributed by atoms with Crippen molar-refractivity contribution in [2.24, 2.45) is 0 Å². The van der Waals surface area contributed by atoms with Crippen molar-refractivity contribution in [3.8, 4) is 28.8 Å². The van der Waals surface area contributed by atoms with E-state index in [2.05, 4.69) is 35.8 Å². The molecule has 1 aliphatic rings. The summed E-state index contributed by atoms with van der Waals surface area (Å²) >= 11 is 0. The molecule has 4 heterocycles. The van der Waals surface area contributed by atoms with Crippen molar-refractivity contribution in [2.75, 3.05) is 25.5 Å².